The van der Waals surface area contributed by atoms with Gasteiger partial charge < -0.3 is 0 Å². The molecule has 0 bridgehead atoms. The summed E-state index contributed by atoms with van der Waals surface area (Å²) in [6.45, 7) is 3.10. The number of sulfonamides is 1. The van der Waals surface area contributed by atoms with Gasteiger partial charge >= 0.3 is 0 Å². The molecule has 0 saturated carbocycles. The van der Waals surface area contributed by atoms with Gasteiger partial charge in [0.1, 0.15) is 5.82 Å². The molecular formula is C13H18ClFN2O2S. The predicted molar refractivity (Wildman–Crippen MR) is 77.7 cm³/mol. The number of benzene rings is 1. The number of halogens is 2. The van der Waals surface area contributed by atoms with Crippen LogP contribution in [0.4, 0.5) is 4.39 Å². The van der Waals surface area contributed by atoms with Crippen LogP contribution < -0.4 is 0 Å². The molecule has 1 aliphatic rings. The van der Waals surface area contributed by atoms with Crippen LogP contribution in [0.3, 0.4) is 0 Å². The molecule has 0 amide bonds. The third-order valence-corrected chi connectivity index (χ3v) is 5.08. The second-order valence-electron chi connectivity index (χ2n) is 5.03. The first-order valence-electron chi connectivity index (χ1n) is 6.47. The highest BCUT2D eigenvalue weighted by Crippen LogP contribution is 2.20. The highest BCUT2D eigenvalue weighted by molar-refractivity contribution is 7.88. The lowest BCUT2D eigenvalue weighted by atomic mass is 10.2. The zero-order valence-electron chi connectivity index (χ0n) is 11.3. The Morgan fingerprint density at radius 1 is 1.25 bits per heavy atom. The quantitative estimate of drug-likeness (QED) is 0.854. The molecule has 1 heterocycles. The zero-order chi connectivity index (χ0) is 14.8. The van der Waals surface area contributed by atoms with Crippen LogP contribution in [0.2, 0.25) is 5.02 Å². The Morgan fingerprint density at radius 3 is 2.65 bits per heavy atom. The van der Waals surface area contributed by atoms with E-state index < -0.39 is 10.0 Å². The van der Waals surface area contributed by atoms with E-state index in [2.05, 4.69) is 4.90 Å². The Morgan fingerprint density at radius 2 is 2.00 bits per heavy atom. The molecule has 1 aromatic rings. The van der Waals surface area contributed by atoms with E-state index in [1.807, 2.05) is 0 Å². The van der Waals surface area contributed by atoms with Crippen molar-refractivity contribution in [2.75, 3.05) is 32.4 Å². The normalized spacial score (nSPS) is 18.9. The van der Waals surface area contributed by atoms with E-state index in [1.165, 1.54) is 22.7 Å². The van der Waals surface area contributed by atoms with Gasteiger partial charge in [0.05, 0.1) is 6.26 Å². The highest BCUT2D eigenvalue weighted by Gasteiger charge is 2.21. The Bertz CT molecular complexity index is 580. The molecule has 1 aromatic carbocycles. The summed E-state index contributed by atoms with van der Waals surface area (Å²) in [4.78, 5) is 2.14. The second kappa shape index (κ2) is 6.39. The molecule has 0 unspecified atom stereocenters. The average Bonchev–Trinajstić information content (AvgIpc) is 2.58. The summed E-state index contributed by atoms with van der Waals surface area (Å²) in [7, 11) is -3.13. The predicted octanol–water partition coefficient (Wildman–Crippen LogP) is 1.95. The largest absolute Gasteiger partial charge is 0.298 e. The highest BCUT2D eigenvalue weighted by atomic mass is 35.5. The van der Waals surface area contributed by atoms with Crippen molar-refractivity contribution in [2.24, 2.45) is 0 Å². The first-order chi connectivity index (χ1) is 9.36. The molecule has 1 saturated heterocycles. The summed E-state index contributed by atoms with van der Waals surface area (Å²) < 4.78 is 37.6. The van der Waals surface area contributed by atoms with E-state index in [9.17, 15) is 12.8 Å². The maximum absolute atomic E-state index is 13.0. The third kappa shape index (κ3) is 4.15. The lowest BCUT2D eigenvalue weighted by Crippen LogP contribution is -2.34. The minimum Gasteiger partial charge on any atom is -0.298 e. The van der Waals surface area contributed by atoms with E-state index in [0.717, 1.165) is 18.5 Å². The van der Waals surface area contributed by atoms with Crippen LogP contribution in [-0.2, 0) is 16.6 Å². The van der Waals surface area contributed by atoms with Crippen molar-refractivity contribution in [3.8, 4) is 0 Å². The lowest BCUT2D eigenvalue weighted by Gasteiger charge is -2.21. The van der Waals surface area contributed by atoms with Gasteiger partial charge in [0.25, 0.3) is 0 Å². The third-order valence-electron chi connectivity index (χ3n) is 3.43. The summed E-state index contributed by atoms with van der Waals surface area (Å²) in [6, 6.07) is 4.37. The molecule has 4 nitrogen and oxygen atoms in total. The summed E-state index contributed by atoms with van der Waals surface area (Å²) in [5, 5.41) is 0.411. The van der Waals surface area contributed by atoms with Gasteiger partial charge in [0, 0.05) is 31.2 Å². The van der Waals surface area contributed by atoms with Crippen LogP contribution in [0.25, 0.3) is 0 Å². The van der Waals surface area contributed by atoms with Crippen LogP contribution >= 0.6 is 11.6 Å². The van der Waals surface area contributed by atoms with Gasteiger partial charge in [-0.15, -0.1) is 0 Å². The molecule has 2 rings (SSSR count). The van der Waals surface area contributed by atoms with Crippen LogP contribution in [0.1, 0.15) is 12.0 Å². The van der Waals surface area contributed by atoms with Gasteiger partial charge in [-0.1, -0.05) is 17.7 Å². The molecule has 20 heavy (non-hydrogen) atoms. The SMILES string of the molecule is CS(=O)(=O)N1CCCN(Cc2ccc(F)cc2Cl)CC1. The Labute approximate surface area is 124 Å². The fourth-order valence-corrected chi connectivity index (χ4v) is 3.43. The van der Waals surface area contributed by atoms with Crippen LogP contribution in [-0.4, -0.2) is 50.1 Å². The zero-order valence-corrected chi connectivity index (χ0v) is 12.9. The van der Waals surface area contributed by atoms with Gasteiger partial charge in [-0.2, -0.15) is 0 Å². The van der Waals surface area contributed by atoms with E-state index in [4.69, 9.17) is 11.6 Å². The maximum Gasteiger partial charge on any atom is 0.211 e. The average molecular weight is 321 g/mol. The number of nitrogens with zero attached hydrogens (tertiary/aromatic N) is 2. The standard InChI is InChI=1S/C13H18ClFN2O2S/c1-20(18,19)17-6-2-5-16(7-8-17)10-11-3-4-12(15)9-13(11)14/h3-4,9H,2,5-8,10H2,1H3. The van der Waals surface area contributed by atoms with Gasteiger partial charge in [-0.05, 0) is 30.7 Å². The fraction of sp³-hybridized carbons (Fsp3) is 0.538. The molecule has 0 N–H and O–H groups in total. The minimum atomic E-state index is -3.13. The van der Waals surface area contributed by atoms with Crippen molar-refractivity contribution in [1.29, 1.82) is 0 Å². The molecular weight excluding hydrogens is 303 g/mol. The number of rotatable bonds is 3. The molecule has 112 valence electrons. The summed E-state index contributed by atoms with van der Waals surface area (Å²) >= 11 is 6.02. The van der Waals surface area contributed by atoms with E-state index in [1.54, 1.807) is 6.07 Å². The lowest BCUT2D eigenvalue weighted by molar-refractivity contribution is 0.279. The molecule has 0 atom stereocenters. The van der Waals surface area contributed by atoms with Crippen molar-refractivity contribution in [3.63, 3.8) is 0 Å². The van der Waals surface area contributed by atoms with Crippen molar-refractivity contribution in [2.45, 2.75) is 13.0 Å². The van der Waals surface area contributed by atoms with E-state index in [-0.39, 0.29) is 5.82 Å². The van der Waals surface area contributed by atoms with E-state index in [0.29, 0.717) is 31.2 Å². The molecule has 1 aliphatic heterocycles. The monoisotopic (exact) mass is 320 g/mol. The van der Waals surface area contributed by atoms with Crippen LogP contribution in [0.15, 0.2) is 18.2 Å². The van der Waals surface area contributed by atoms with Crippen LogP contribution in [0, 0.1) is 5.82 Å². The van der Waals surface area contributed by atoms with Crippen molar-refractivity contribution in [3.05, 3.63) is 34.6 Å². The van der Waals surface area contributed by atoms with Gasteiger partial charge in [0.15, 0.2) is 0 Å². The number of hydrogen-bond donors (Lipinski definition) is 0. The summed E-state index contributed by atoms with van der Waals surface area (Å²) in [5.41, 5.74) is 0.862. The van der Waals surface area contributed by atoms with Gasteiger partial charge in [-0.25, -0.2) is 17.1 Å². The topological polar surface area (TPSA) is 40.6 Å². The van der Waals surface area contributed by atoms with Gasteiger partial charge in [-0.3, -0.25) is 4.90 Å². The second-order valence-corrected chi connectivity index (χ2v) is 7.42. The molecule has 1 fully saturated rings. The Hall–Kier alpha value is -0.690. The number of hydrogen-bond acceptors (Lipinski definition) is 3. The van der Waals surface area contributed by atoms with Crippen LogP contribution in [0.5, 0.6) is 0 Å². The summed E-state index contributed by atoms with van der Waals surface area (Å²) in [5.74, 6) is -0.349. The molecule has 0 radical (unpaired) electrons. The molecule has 0 aromatic heterocycles. The molecule has 7 heteroatoms. The van der Waals surface area contributed by atoms with Crippen molar-refractivity contribution in [1.82, 2.24) is 9.21 Å². The fourth-order valence-electron chi connectivity index (χ4n) is 2.33. The summed E-state index contributed by atoms with van der Waals surface area (Å²) in [6.07, 6.45) is 2.02. The smallest absolute Gasteiger partial charge is 0.211 e. The first-order valence-corrected chi connectivity index (χ1v) is 8.70. The maximum atomic E-state index is 13.0. The Kier molecular flexibility index (Phi) is 5.01. The van der Waals surface area contributed by atoms with Crippen molar-refractivity contribution >= 4 is 21.6 Å². The van der Waals surface area contributed by atoms with Gasteiger partial charge in [0.2, 0.25) is 10.0 Å². The Balaban J connectivity index is 2.01. The molecule has 0 spiro atoms. The minimum absolute atomic E-state index is 0.349. The van der Waals surface area contributed by atoms with Crippen molar-refractivity contribution < 1.29 is 12.8 Å². The first kappa shape index (κ1) is 15.7. The molecule has 0 aliphatic carbocycles. The van der Waals surface area contributed by atoms with E-state index >= 15 is 0 Å².